The lowest BCUT2D eigenvalue weighted by Gasteiger charge is -2.06. The number of benzene rings is 1. The van der Waals surface area contributed by atoms with Crippen LogP contribution in [0.1, 0.15) is 19.4 Å². The maximum Gasteiger partial charge on any atom is 0.136 e. The van der Waals surface area contributed by atoms with E-state index in [1.165, 1.54) is 16.7 Å². The first-order chi connectivity index (χ1) is 8.68. The second-order valence-electron chi connectivity index (χ2n) is 4.70. The summed E-state index contributed by atoms with van der Waals surface area (Å²) in [5.74, 6) is 0.398. The van der Waals surface area contributed by atoms with Crippen molar-refractivity contribution in [1.29, 1.82) is 0 Å². The van der Waals surface area contributed by atoms with Gasteiger partial charge < -0.3 is 0 Å². The number of hydrogen-bond acceptors (Lipinski definition) is 0. The highest BCUT2D eigenvalue weighted by Gasteiger charge is 2.19. The molecule has 2 rings (SSSR count). The van der Waals surface area contributed by atoms with Crippen molar-refractivity contribution in [2.24, 2.45) is 5.92 Å². The Bertz CT molecular complexity index is 500. The standard InChI is InChI=1S/C18H19/c1-14(2)18(13-16-9-7-8-10-16)15(3)17-11-5-4-6-12-17/h4-13,16H,1H2,2-3H3/q+1/b18-15+. The number of hydrogen-bond donors (Lipinski definition) is 0. The molecule has 0 heterocycles. The lowest BCUT2D eigenvalue weighted by molar-refractivity contribution is 0.991. The van der Waals surface area contributed by atoms with Gasteiger partial charge >= 0.3 is 0 Å². The van der Waals surface area contributed by atoms with Crippen LogP contribution in [0.4, 0.5) is 0 Å². The van der Waals surface area contributed by atoms with E-state index in [9.17, 15) is 0 Å². The molecular weight excluding hydrogens is 216 g/mol. The minimum Gasteiger partial charge on any atom is -0.0644 e. The maximum absolute atomic E-state index is 4.11. The minimum absolute atomic E-state index is 0.398. The van der Waals surface area contributed by atoms with Gasteiger partial charge in [0.25, 0.3) is 0 Å². The zero-order chi connectivity index (χ0) is 13.0. The minimum atomic E-state index is 0.398. The molecule has 0 spiro atoms. The summed E-state index contributed by atoms with van der Waals surface area (Å²) < 4.78 is 0. The Morgan fingerprint density at radius 3 is 2.22 bits per heavy atom. The van der Waals surface area contributed by atoms with E-state index in [0.717, 1.165) is 5.57 Å². The lowest BCUT2D eigenvalue weighted by atomic mass is 9.90. The van der Waals surface area contributed by atoms with Crippen molar-refractivity contribution in [3.05, 3.63) is 84.3 Å². The highest BCUT2D eigenvalue weighted by Crippen LogP contribution is 2.29. The third-order valence-electron chi connectivity index (χ3n) is 3.21. The number of allylic oxidation sites excluding steroid dienone is 7. The SMILES string of the molecule is C=C(C)/C([CH+]C1C=CC=C1)=C(\C)c1ccccc1. The molecule has 0 amide bonds. The third kappa shape index (κ3) is 2.84. The van der Waals surface area contributed by atoms with Crippen LogP contribution < -0.4 is 0 Å². The summed E-state index contributed by atoms with van der Waals surface area (Å²) in [6.07, 6.45) is 10.9. The van der Waals surface area contributed by atoms with Gasteiger partial charge in [0.1, 0.15) is 5.57 Å². The van der Waals surface area contributed by atoms with Crippen LogP contribution in [0.2, 0.25) is 0 Å². The zero-order valence-corrected chi connectivity index (χ0v) is 11.1. The Morgan fingerprint density at radius 1 is 1.06 bits per heavy atom. The molecule has 0 aliphatic heterocycles. The summed E-state index contributed by atoms with van der Waals surface area (Å²) in [5.41, 5.74) is 4.92. The molecule has 0 radical (unpaired) electrons. The average Bonchev–Trinajstić information content (AvgIpc) is 2.89. The fourth-order valence-electron chi connectivity index (χ4n) is 2.18. The van der Waals surface area contributed by atoms with Crippen LogP contribution in [0, 0.1) is 12.3 Å². The predicted molar refractivity (Wildman–Crippen MR) is 79.9 cm³/mol. The van der Waals surface area contributed by atoms with Crippen LogP contribution in [0.25, 0.3) is 5.57 Å². The second kappa shape index (κ2) is 5.59. The molecule has 1 aromatic rings. The van der Waals surface area contributed by atoms with Gasteiger partial charge in [0.05, 0.1) is 11.5 Å². The van der Waals surface area contributed by atoms with Gasteiger partial charge in [-0.05, 0) is 18.7 Å². The van der Waals surface area contributed by atoms with Crippen LogP contribution >= 0.6 is 0 Å². The molecule has 90 valence electrons. The number of rotatable bonds is 4. The van der Waals surface area contributed by atoms with Crippen molar-refractivity contribution in [2.45, 2.75) is 13.8 Å². The Kier molecular flexibility index (Phi) is 3.88. The van der Waals surface area contributed by atoms with Crippen LogP contribution in [0.3, 0.4) is 0 Å². The van der Waals surface area contributed by atoms with E-state index in [4.69, 9.17) is 0 Å². The smallest absolute Gasteiger partial charge is 0.0644 e. The molecule has 0 atom stereocenters. The molecule has 0 saturated carbocycles. The van der Waals surface area contributed by atoms with E-state index in [-0.39, 0.29) is 0 Å². The second-order valence-corrected chi connectivity index (χ2v) is 4.70. The van der Waals surface area contributed by atoms with Crippen LogP contribution in [-0.2, 0) is 0 Å². The normalized spacial score (nSPS) is 15.7. The molecular formula is C18H19+. The summed E-state index contributed by atoms with van der Waals surface area (Å²) in [4.78, 5) is 0. The van der Waals surface area contributed by atoms with Gasteiger partial charge in [0, 0.05) is 31.4 Å². The van der Waals surface area contributed by atoms with Gasteiger partial charge in [0.2, 0.25) is 0 Å². The van der Waals surface area contributed by atoms with Crippen LogP contribution in [0.15, 0.2) is 72.4 Å². The van der Waals surface area contributed by atoms with Gasteiger partial charge in [-0.3, -0.25) is 0 Å². The Balaban J connectivity index is 2.31. The molecule has 1 aromatic carbocycles. The molecule has 0 unspecified atom stereocenters. The predicted octanol–water partition coefficient (Wildman–Crippen LogP) is 4.98. The van der Waals surface area contributed by atoms with Crippen LogP contribution in [0.5, 0.6) is 0 Å². The van der Waals surface area contributed by atoms with E-state index >= 15 is 0 Å². The monoisotopic (exact) mass is 235 g/mol. The van der Waals surface area contributed by atoms with E-state index in [1.54, 1.807) is 0 Å². The highest BCUT2D eigenvalue weighted by atomic mass is 14.2. The first kappa shape index (κ1) is 12.5. The molecule has 0 bridgehead atoms. The Hall–Kier alpha value is -1.95. The first-order valence-electron chi connectivity index (χ1n) is 6.30. The Labute approximate surface area is 110 Å². The zero-order valence-electron chi connectivity index (χ0n) is 11.1. The molecule has 1 aliphatic rings. The van der Waals surface area contributed by atoms with Crippen molar-refractivity contribution in [3.8, 4) is 0 Å². The van der Waals surface area contributed by atoms with Crippen molar-refractivity contribution >= 4 is 5.57 Å². The molecule has 0 nitrogen and oxygen atoms in total. The lowest BCUT2D eigenvalue weighted by Crippen LogP contribution is -1.98. The van der Waals surface area contributed by atoms with Gasteiger partial charge in [-0.2, -0.15) is 0 Å². The summed E-state index contributed by atoms with van der Waals surface area (Å²) in [7, 11) is 0. The molecule has 0 saturated heterocycles. The highest BCUT2D eigenvalue weighted by molar-refractivity contribution is 5.72. The van der Waals surface area contributed by atoms with Crippen molar-refractivity contribution < 1.29 is 0 Å². The van der Waals surface area contributed by atoms with Crippen molar-refractivity contribution in [2.75, 3.05) is 0 Å². The summed E-state index contributed by atoms with van der Waals surface area (Å²) in [6.45, 7) is 8.34. The van der Waals surface area contributed by atoms with E-state index in [2.05, 4.69) is 75.4 Å². The summed E-state index contributed by atoms with van der Waals surface area (Å²) >= 11 is 0. The fraction of sp³-hybridized carbons (Fsp3) is 0.167. The largest absolute Gasteiger partial charge is 0.136 e. The molecule has 18 heavy (non-hydrogen) atoms. The molecule has 0 aromatic heterocycles. The Morgan fingerprint density at radius 2 is 1.67 bits per heavy atom. The summed E-state index contributed by atoms with van der Waals surface area (Å²) in [5, 5.41) is 0. The van der Waals surface area contributed by atoms with Gasteiger partial charge in [-0.25, -0.2) is 0 Å². The fourth-order valence-corrected chi connectivity index (χ4v) is 2.18. The topological polar surface area (TPSA) is 0 Å². The third-order valence-corrected chi connectivity index (χ3v) is 3.21. The van der Waals surface area contributed by atoms with Gasteiger partial charge in [0.15, 0.2) is 0 Å². The molecule has 0 heteroatoms. The van der Waals surface area contributed by atoms with E-state index in [0.29, 0.717) is 5.92 Å². The quantitative estimate of drug-likeness (QED) is 0.510. The molecule has 0 N–H and O–H groups in total. The summed E-state index contributed by atoms with van der Waals surface area (Å²) in [6, 6.07) is 10.5. The maximum atomic E-state index is 4.11. The van der Waals surface area contributed by atoms with Gasteiger partial charge in [-0.15, -0.1) is 0 Å². The van der Waals surface area contributed by atoms with E-state index in [1.807, 2.05) is 6.07 Å². The van der Waals surface area contributed by atoms with Crippen molar-refractivity contribution in [3.63, 3.8) is 0 Å². The first-order valence-corrected chi connectivity index (χ1v) is 6.30. The molecule has 1 aliphatic carbocycles. The van der Waals surface area contributed by atoms with Crippen molar-refractivity contribution in [1.82, 2.24) is 0 Å². The van der Waals surface area contributed by atoms with E-state index < -0.39 is 0 Å². The molecule has 0 fully saturated rings. The van der Waals surface area contributed by atoms with Gasteiger partial charge in [-0.1, -0.05) is 42.5 Å². The average molecular weight is 235 g/mol. The van der Waals surface area contributed by atoms with Crippen LogP contribution in [-0.4, -0.2) is 0 Å².